The number of carbonyl (C=O) groups is 1. The number of ether oxygens (including phenoxy) is 2. The van der Waals surface area contributed by atoms with Crippen LogP contribution in [0.4, 0.5) is 5.69 Å². The number of aromatic amines is 1. The maximum absolute atomic E-state index is 12.6. The Morgan fingerprint density at radius 3 is 2.54 bits per heavy atom. The molecule has 1 amide bonds. The summed E-state index contributed by atoms with van der Waals surface area (Å²) in [7, 11) is 0. The first kappa shape index (κ1) is 16.4. The van der Waals surface area contributed by atoms with Gasteiger partial charge >= 0.3 is 0 Å². The summed E-state index contributed by atoms with van der Waals surface area (Å²) in [5.74, 6) is 1.93. The summed E-state index contributed by atoms with van der Waals surface area (Å²) in [6.07, 6.45) is 0. The van der Waals surface area contributed by atoms with Gasteiger partial charge in [0.25, 0.3) is 5.91 Å². The lowest BCUT2D eigenvalue weighted by molar-refractivity contribution is 0.102. The van der Waals surface area contributed by atoms with E-state index >= 15 is 0 Å². The fourth-order valence-corrected chi connectivity index (χ4v) is 3.19. The molecule has 1 aliphatic rings. The molecule has 4 aromatic rings. The molecular weight excluding hydrogens is 354 g/mol. The van der Waals surface area contributed by atoms with Gasteiger partial charge in [0.1, 0.15) is 19.0 Å². The van der Waals surface area contributed by atoms with Gasteiger partial charge in [0.2, 0.25) is 0 Å². The van der Waals surface area contributed by atoms with Crippen LogP contribution in [0.15, 0.2) is 66.7 Å². The van der Waals surface area contributed by atoms with E-state index in [1.807, 2.05) is 36.4 Å². The summed E-state index contributed by atoms with van der Waals surface area (Å²) < 4.78 is 11.1. The zero-order valence-corrected chi connectivity index (χ0v) is 14.9. The van der Waals surface area contributed by atoms with Crippen LogP contribution < -0.4 is 14.8 Å². The summed E-state index contributed by atoms with van der Waals surface area (Å²) in [5.41, 5.74) is 4.05. The van der Waals surface area contributed by atoms with Crippen molar-refractivity contribution in [1.82, 2.24) is 9.97 Å². The highest BCUT2D eigenvalue weighted by molar-refractivity contribution is 6.04. The highest BCUT2D eigenvalue weighted by atomic mass is 16.6. The van der Waals surface area contributed by atoms with E-state index < -0.39 is 0 Å². The monoisotopic (exact) mass is 371 g/mol. The van der Waals surface area contributed by atoms with Gasteiger partial charge in [-0.05, 0) is 36.4 Å². The van der Waals surface area contributed by atoms with Gasteiger partial charge in [0.05, 0.1) is 11.0 Å². The second kappa shape index (κ2) is 6.74. The third kappa shape index (κ3) is 3.05. The van der Waals surface area contributed by atoms with E-state index in [0.717, 1.165) is 22.4 Å². The molecule has 3 aromatic carbocycles. The number of anilines is 1. The van der Waals surface area contributed by atoms with Crippen LogP contribution in [0.2, 0.25) is 0 Å². The Kier molecular flexibility index (Phi) is 3.94. The lowest BCUT2D eigenvalue weighted by Crippen LogP contribution is -2.16. The van der Waals surface area contributed by atoms with Crippen LogP contribution in [0.3, 0.4) is 0 Å². The molecule has 0 atom stereocenters. The number of fused-ring (bicyclic) bond motifs is 2. The number of H-pyrrole nitrogens is 1. The Bertz CT molecular complexity index is 1130. The molecule has 0 saturated heterocycles. The second-order valence-electron chi connectivity index (χ2n) is 6.49. The first-order valence-electron chi connectivity index (χ1n) is 9.02. The van der Waals surface area contributed by atoms with Crippen molar-refractivity contribution in [3.63, 3.8) is 0 Å². The van der Waals surface area contributed by atoms with Crippen molar-refractivity contribution in [2.24, 2.45) is 0 Å². The second-order valence-corrected chi connectivity index (χ2v) is 6.49. The Morgan fingerprint density at radius 2 is 1.71 bits per heavy atom. The molecule has 5 rings (SSSR count). The number of hydrogen-bond donors (Lipinski definition) is 2. The number of nitrogens with one attached hydrogen (secondary N) is 2. The van der Waals surface area contributed by atoms with E-state index in [-0.39, 0.29) is 5.91 Å². The van der Waals surface area contributed by atoms with Crippen LogP contribution in [0.1, 0.15) is 10.4 Å². The predicted octanol–water partition coefficient (Wildman–Crippen LogP) is 4.25. The minimum atomic E-state index is -0.187. The molecule has 0 saturated carbocycles. The van der Waals surface area contributed by atoms with Gasteiger partial charge in [-0.15, -0.1) is 0 Å². The number of benzene rings is 3. The van der Waals surface area contributed by atoms with Crippen LogP contribution in [0.25, 0.3) is 22.4 Å². The number of para-hydroxylation sites is 2. The summed E-state index contributed by atoms with van der Waals surface area (Å²) in [4.78, 5) is 20.4. The quantitative estimate of drug-likeness (QED) is 0.564. The molecule has 0 bridgehead atoms. The minimum absolute atomic E-state index is 0.187. The fourth-order valence-electron chi connectivity index (χ4n) is 3.19. The van der Waals surface area contributed by atoms with E-state index in [9.17, 15) is 4.79 Å². The number of nitrogens with zero attached hydrogens (tertiary/aromatic N) is 1. The molecule has 138 valence electrons. The number of aromatic nitrogens is 2. The molecule has 2 N–H and O–H groups in total. The summed E-state index contributed by atoms with van der Waals surface area (Å²) in [5, 5.41) is 2.89. The molecule has 6 nitrogen and oxygen atoms in total. The highest BCUT2D eigenvalue weighted by Crippen LogP contribution is 2.32. The molecule has 0 fully saturated rings. The van der Waals surface area contributed by atoms with E-state index in [1.165, 1.54) is 0 Å². The van der Waals surface area contributed by atoms with Crippen molar-refractivity contribution in [3.05, 3.63) is 72.3 Å². The largest absolute Gasteiger partial charge is 0.486 e. The number of amides is 1. The van der Waals surface area contributed by atoms with Crippen molar-refractivity contribution in [2.45, 2.75) is 0 Å². The number of rotatable bonds is 3. The Hall–Kier alpha value is -3.80. The lowest BCUT2D eigenvalue weighted by atomic mass is 10.1. The maximum atomic E-state index is 12.6. The zero-order valence-electron chi connectivity index (χ0n) is 14.9. The Balaban J connectivity index is 1.34. The SMILES string of the molecule is O=C(Nc1ccc2c(c1)OCCO2)c1ccc(-c2nc3ccccc3[nH]2)cc1. The number of carbonyl (C=O) groups excluding carboxylic acids is 1. The first-order chi connectivity index (χ1) is 13.8. The lowest BCUT2D eigenvalue weighted by Gasteiger charge is -2.19. The standard InChI is InChI=1S/C22H17N3O3/c26-22(23-16-9-10-19-20(13-16)28-12-11-27-19)15-7-5-14(6-8-15)21-24-17-3-1-2-4-18(17)25-21/h1-10,13H,11-12H2,(H,23,26)(H,24,25). The number of hydrogen-bond acceptors (Lipinski definition) is 4. The maximum Gasteiger partial charge on any atom is 0.255 e. The molecule has 0 spiro atoms. The van der Waals surface area contributed by atoms with Gasteiger partial charge in [-0.1, -0.05) is 24.3 Å². The van der Waals surface area contributed by atoms with Crippen LogP contribution in [-0.2, 0) is 0 Å². The minimum Gasteiger partial charge on any atom is -0.486 e. The van der Waals surface area contributed by atoms with Gasteiger partial charge in [0.15, 0.2) is 11.5 Å². The van der Waals surface area contributed by atoms with Crippen molar-refractivity contribution in [2.75, 3.05) is 18.5 Å². The summed E-state index contributed by atoms with van der Waals surface area (Å²) >= 11 is 0. The topological polar surface area (TPSA) is 76.2 Å². The molecule has 0 radical (unpaired) electrons. The zero-order chi connectivity index (χ0) is 18.9. The van der Waals surface area contributed by atoms with Crippen molar-refractivity contribution in [3.8, 4) is 22.9 Å². The summed E-state index contributed by atoms with van der Waals surface area (Å²) in [6, 6.07) is 20.6. The molecule has 0 aliphatic carbocycles. The van der Waals surface area contributed by atoms with E-state index in [2.05, 4.69) is 15.3 Å². The van der Waals surface area contributed by atoms with Crippen LogP contribution in [0, 0.1) is 0 Å². The van der Waals surface area contributed by atoms with Crippen molar-refractivity contribution in [1.29, 1.82) is 0 Å². The van der Waals surface area contributed by atoms with Gasteiger partial charge < -0.3 is 19.8 Å². The Morgan fingerprint density at radius 1 is 0.929 bits per heavy atom. The van der Waals surface area contributed by atoms with Crippen LogP contribution >= 0.6 is 0 Å². The summed E-state index contributed by atoms with van der Waals surface area (Å²) in [6.45, 7) is 1.05. The van der Waals surface area contributed by atoms with Gasteiger partial charge in [-0.2, -0.15) is 0 Å². The number of imidazole rings is 1. The van der Waals surface area contributed by atoms with Crippen LogP contribution in [-0.4, -0.2) is 29.1 Å². The van der Waals surface area contributed by atoms with Gasteiger partial charge in [0, 0.05) is 22.9 Å². The molecule has 28 heavy (non-hydrogen) atoms. The normalized spacial score (nSPS) is 12.7. The van der Waals surface area contributed by atoms with E-state index in [0.29, 0.717) is 36.0 Å². The third-order valence-corrected chi connectivity index (χ3v) is 4.61. The smallest absolute Gasteiger partial charge is 0.255 e. The van der Waals surface area contributed by atoms with Gasteiger partial charge in [-0.3, -0.25) is 4.79 Å². The van der Waals surface area contributed by atoms with Crippen LogP contribution in [0.5, 0.6) is 11.5 Å². The van der Waals surface area contributed by atoms with Gasteiger partial charge in [-0.25, -0.2) is 4.98 Å². The van der Waals surface area contributed by atoms with Crippen molar-refractivity contribution < 1.29 is 14.3 Å². The first-order valence-corrected chi connectivity index (χ1v) is 9.02. The molecule has 6 heteroatoms. The third-order valence-electron chi connectivity index (χ3n) is 4.61. The molecule has 0 unspecified atom stereocenters. The Labute approximate surface area is 161 Å². The molecular formula is C22H17N3O3. The van der Waals surface area contributed by atoms with Crippen molar-refractivity contribution >= 4 is 22.6 Å². The molecule has 1 aromatic heterocycles. The average Bonchev–Trinajstić information content (AvgIpc) is 3.18. The van der Waals surface area contributed by atoms with E-state index in [4.69, 9.17) is 9.47 Å². The molecule has 1 aliphatic heterocycles. The highest BCUT2D eigenvalue weighted by Gasteiger charge is 2.14. The average molecular weight is 371 g/mol. The fraction of sp³-hybridized carbons (Fsp3) is 0.0909. The molecule has 2 heterocycles. The van der Waals surface area contributed by atoms with E-state index in [1.54, 1.807) is 30.3 Å². The predicted molar refractivity (Wildman–Crippen MR) is 107 cm³/mol.